The van der Waals surface area contributed by atoms with E-state index >= 15 is 0 Å². The van der Waals surface area contributed by atoms with Crippen LogP contribution in [0.5, 0.6) is 0 Å². The van der Waals surface area contributed by atoms with Crippen LogP contribution in [0.2, 0.25) is 0 Å². The summed E-state index contributed by atoms with van der Waals surface area (Å²) >= 11 is 0. The second-order valence-corrected chi connectivity index (χ2v) is 4.40. The maximum atomic E-state index is 11.4. The van der Waals surface area contributed by atoms with Gasteiger partial charge in [-0.3, -0.25) is 0 Å². The van der Waals surface area contributed by atoms with E-state index in [9.17, 15) is 14.7 Å². The van der Waals surface area contributed by atoms with Crippen molar-refractivity contribution in [2.24, 2.45) is 5.92 Å². The molecule has 0 aromatic rings. The molecule has 5 nitrogen and oxygen atoms in total. The number of aliphatic hydroxyl groups excluding tert-OH is 1. The lowest BCUT2D eigenvalue weighted by Crippen LogP contribution is -2.30. The predicted molar refractivity (Wildman–Crippen MR) is 71.4 cm³/mol. The van der Waals surface area contributed by atoms with Gasteiger partial charge in [0.1, 0.15) is 6.61 Å². The summed E-state index contributed by atoms with van der Waals surface area (Å²) in [7, 11) is 0. The molecule has 0 bridgehead atoms. The van der Waals surface area contributed by atoms with Crippen molar-refractivity contribution in [1.29, 1.82) is 0 Å². The molecular formula is C14H24O5. The summed E-state index contributed by atoms with van der Waals surface area (Å²) < 4.78 is 9.58. The maximum absolute atomic E-state index is 11.4. The molecule has 0 heterocycles. The highest BCUT2D eigenvalue weighted by Crippen LogP contribution is 2.13. The monoisotopic (exact) mass is 272 g/mol. The minimum absolute atomic E-state index is 0.293. The number of esters is 2. The Kier molecular flexibility index (Phi) is 9.80. The van der Waals surface area contributed by atoms with Crippen LogP contribution < -0.4 is 0 Å². The van der Waals surface area contributed by atoms with Gasteiger partial charge >= 0.3 is 11.9 Å². The van der Waals surface area contributed by atoms with Crippen LogP contribution in [0.1, 0.15) is 39.5 Å². The SMILES string of the molecule is C=CC(=O)OCC(O)C(=O)OCC(CC)CCCC. The minimum Gasteiger partial charge on any atom is -0.463 e. The fraction of sp³-hybridized carbons (Fsp3) is 0.714. The lowest BCUT2D eigenvalue weighted by atomic mass is 10.0. The van der Waals surface area contributed by atoms with E-state index in [-0.39, 0.29) is 0 Å². The van der Waals surface area contributed by atoms with Gasteiger partial charge in [0, 0.05) is 6.08 Å². The Labute approximate surface area is 114 Å². The first kappa shape index (κ1) is 17.6. The van der Waals surface area contributed by atoms with E-state index in [4.69, 9.17) is 4.74 Å². The van der Waals surface area contributed by atoms with E-state index in [0.29, 0.717) is 12.5 Å². The molecule has 19 heavy (non-hydrogen) atoms. The van der Waals surface area contributed by atoms with E-state index < -0.39 is 24.6 Å². The van der Waals surface area contributed by atoms with Crippen LogP contribution in [0.4, 0.5) is 0 Å². The largest absolute Gasteiger partial charge is 0.463 e. The Morgan fingerprint density at radius 1 is 1.26 bits per heavy atom. The number of ether oxygens (including phenoxy) is 2. The summed E-state index contributed by atoms with van der Waals surface area (Å²) in [4.78, 5) is 22.2. The molecular weight excluding hydrogens is 248 g/mol. The molecule has 0 aliphatic heterocycles. The molecule has 110 valence electrons. The van der Waals surface area contributed by atoms with Crippen molar-refractivity contribution < 1.29 is 24.2 Å². The molecule has 5 heteroatoms. The number of carbonyl (C=O) groups excluding carboxylic acids is 2. The van der Waals surface area contributed by atoms with Crippen LogP contribution in [-0.2, 0) is 19.1 Å². The topological polar surface area (TPSA) is 72.8 Å². The molecule has 2 atom stereocenters. The molecule has 0 fully saturated rings. The van der Waals surface area contributed by atoms with Crippen molar-refractivity contribution in [1.82, 2.24) is 0 Å². The average molecular weight is 272 g/mol. The third-order valence-electron chi connectivity index (χ3n) is 2.83. The highest BCUT2D eigenvalue weighted by atomic mass is 16.6. The van der Waals surface area contributed by atoms with Gasteiger partial charge in [0.15, 0.2) is 6.10 Å². The molecule has 0 saturated heterocycles. The molecule has 0 aromatic carbocycles. The smallest absolute Gasteiger partial charge is 0.338 e. The number of carbonyl (C=O) groups is 2. The van der Waals surface area contributed by atoms with E-state index in [1.54, 1.807) is 0 Å². The summed E-state index contributed by atoms with van der Waals surface area (Å²) in [5.74, 6) is -1.13. The van der Waals surface area contributed by atoms with Crippen LogP contribution in [0.3, 0.4) is 0 Å². The lowest BCUT2D eigenvalue weighted by Gasteiger charge is -2.16. The Morgan fingerprint density at radius 2 is 1.95 bits per heavy atom. The van der Waals surface area contributed by atoms with Crippen LogP contribution in [0.15, 0.2) is 12.7 Å². The van der Waals surface area contributed by atoms with Gasteiger partial charge in [0.2, 0.25) is 0 Å². The van der Waals surface area contributed by atoms with E-state index in [2.05, 4.69) is 18.2 Å². The Balaban J connectivity index is 3.93. The van der Waals surface area contributed by atoms with Gasteiger partial charge < -0.3 is 14.6 Å². The first-order valence-electron chi connectivity index (χ1n) is 6.68. The minimum atomic E-state index is -1.44. The highest BCUT2D eigenvalue weighted by molar-refractivity contribution is 5.81. The van der Waals surface area contributed by atoms with Gasteiger partial charge in [-0.2, -0.15) is 0 Å². The van der Waals surface area contributed by atoms with Crippen molar-refractivity contribution in [2.75, 3.05) is 13.2 Å². The first-order chi connectivity index (χ1) is 9.04. The molecule has 0 saturated carbocycles. The quantitative estimate of drug-likeness (QED) is 0.485. The average Bonchev–Trinajstić information content (AvgIpc) is 2.44. The summed E-state index contributed by atoms with van der Waals surface area (Å²) in [5.41, 5.74) is 0. The molecule has 0 rings (SSSR count). The van der Waals surface area contributed by atoms with E-state index in [1.807, 2.05) is 6.92 Å². The van der Waals surface area contributed by atoms with Crippen molar-refractivity contribution in [2.45, 2.75) is 45.6 Å². The highest BCUT2D eigenvalue weighted by Gasteiger charge is 2.19. The summed E-state index contributed by atoms with van der Waals surface area (Å²) in [6.45, 7) is 7.24. The van der Waals surface area contributed by atoms with Crippen LogP contribution >= 0.6 is 0 Å². The molecule has 0 aliphatic carbocycles. The summed E-state index contributed by atoms with van der Waals surface area (Å²) in [5, 5.41) is 9.44. The van der Waals surface area contributed by atoms with Gasteiger partial charge in [0.05, 0.1) is 6.61 Å². The van der Waals surface area contributed by atoms with Gasteiger partial charge in [-0.05, 0) is 12.3 Å². The normalized spacial score (nSPS) is 13.4. The third kappa shape index (κ3) is 8.37. The maximum Gasteiger partial charge on any atom is 0.338 e. The fourth-order valence-electron chi connectivity index (χ4n) is 1.48. The van der Waals surface area contributed by atoms with Gasteiger partial charge in [-0.25, -0.2) is 9.59 Å². The molecule has 0 spiro atoms. The predicted octanol–water partition coefficient (Wildman–Crippen LogP) is 1.84. The zero-order chi connectivity index (χ0) is 14.7. The molecule has 0 aliphatic rings. The summed E-state index contributed by atoms with van der Waals surface area (Å²) in [6.07, 6.45) is 3.65. The third-order valence-corrected chi connectivity index (χ3v) is 2.83. The fourth-order valence-corrected chi connectivity index (χ4v) is 1.48. The standard InChI is InChI=1S/C14H24O5/c1-4-7-8-11(5-2)9-19-14(17)12(15)10-18-13(16)6-3/h6,11-12,15H,3-5,7-10H2,1-2H3. The molecule has 0 radical (unpaired) electrons. The Bertz CT molecular complexity index is 288. The van der Waals surface area contributed by atoms with Gasteiger partial charge in [0.25, 0.3) is 0 Å². The van der Waals surface area contributed by atoms with Crippen molar-refractivity contribution >= 4 is 11.9 Å². The number of rotatable bonds is 10. The molecule has 0 amide bonds. The Morgan fingerprint density at radius 3 is 2.47 bits per heavy atom. The van der Waals surface area contributed by atoms with E-state index in [0.717, 1.165) is 31.8 Å². The van der Waals surface area contributed by atoms with Crippen molar-refractivity contribution in [3.63, 3.8) is 0 Å². The number of hydrogen-bond acceptors (Lipinski definition) is 5. The van der Waals surface area contributed by atoms with Crippen molar-refractivity contribution in [3.8, 4) is 0 Å². The van der Waals surface area contributed by atoms with Crippen LogP contribution in [-0.4, -0.2) is 36.4 Å². The van der Waals surface area contributed by atoms with Crippen LogP contribution in [0, 0.1) is 5.92 Å². The zero-order valence-corrected chi connectivity index (χ0v) is 11.8. The molecule has 0 aromatic heterocycles. The lowest BCUT2D eigenvalue weighted by molar-refractivity contribution is -0.160. The Hall–Kier alpha value is -1.36. The second-order valence-electron chi connectivity index (χ2n) is 4.40. The zero-order valence-electron chi connectivity index (χ0n) is 11.8. The summed E-state index contributed by atoms with van der Waals surface area (Å²) in [6, 6.07) is 0. The molecule has 1 N–H and O–H groups in total. The number of aliphatic hydroxyl groups is 1. The van der Waals surface area contributed by atoms with Crippen LogP contribution in [0.25, 0.3) is 0 Å². The van der Waals surface area contributed by atoms with Gasteiger partial charge in [-0.15, -0.1) is 0 Å². The van der Waals surface area contributed by atoms with Gasteiger partial charge in [-0.1, -0.05) is 39.7 Å². The van der Waals surface area contributed by atoms with Crippen molar-refractivity contribution in [3.05, 3.63) is 12.7 Å². The number of hydrogen-bond donors (Lipinski definition) is 1. The number of unbranched alkanes of at least 4 members (excludes halogenated alkanes) is 1. The molecule has 2 unspecified atom stereocenters. The second kappa shape index (κ2) is 10.6. The first-order valence-corrected chi connectivity index (χ1v) is 6.68. The van der Waals surface area contributed by atoms with E-state index in [1.165, 1.54) is 0 Å².